The molecule has 0 aliphatic heterocycles. The van der Waals surface area contributed by atoms with E-state index in [9.17, 15) is 9.59 Å². The van der Waals surface area contributed by atoms with Gasteiger partial charge in [-0.3, -0.25) is 9.59 Å². The first-order chi connectivity index (χ1) is 12.4. The van der Waals surface area contributed by atoms with Crippen LogP contribution in [0.15, 0.2) is 53.4 Å². The van der Waals surface area contributed by atoms with Crippen molar-refractivity contribution >= 4 is 40.9 Å². The molecule has 5 nitrogen and oxygen atoms in total. The molecule has 2 aromatic rings. The second kappa shape index (κ2) is 9.62. The molecule has 138 valence electrons. The van der Waals surface area contributed by atoms with Gasteiger partial charge in [0.1, 0.15) is 0 Å². The van der Waals surface area contributed by atoms with Crippen LogP contribution in [0.3, 0.4) is 0 Å². The fourth-order valence-corrected chi connectivity index (χ4v) is 3.33. The van der Waals surface area contributed by atoms with E-state index in [0.717, 1.165) is 10.5 Å². The lowest BCUT2D eigenvalue weighted by Gasteiger charge is -2.25. The number of nitrogens with one attached hydrogen (secondary N) is 2. The van der Waals surface area contributed by atoms with E-state index in [1.165, 1.54) is 11.8 Å². The van der Waals surface area contributed by atoms with Crippen molar-refractivity contribution in [2.75, 3.05) is 32.2 Å². The maximum atomic E-state index is 12.2. The standard InChI is InChI=1S/C19H22ClN3O2S/c1-23(2)16(13-8-4-5-9-14(13)20)12-21-18(24)19(25)22-15-10-6-7-11-17(15)26-3/h4-11,16H,12H2,1-3H3,(H,21,24)(H,22,25)/t16-/m0/s1. The highest BCUT2D eigenvalue weighted by Crippen LogP contribution is 2.26. The van der Waals surface area contributed by atoms with Gasteiger partial charge in [0.25, 0.3) is 0 Å². The Morgan fingerprint density at radius 1 is 1.08 bits per heavy atom. The van der Waals surface area contributed by atoms with Crippen LogP contribution in [0.25, 0.3) is 0 Å². The number of halogens is 1. The molecule has 0 radical (unpaired) electrons. The summed E-state index contributed by atoms with van der Waals surface area (Å²) in [7, 11) is 3.80. The SMILES string of the molecule is CSc1ccccc1NC(=O)C(=O)NC[C@@H](c1ccccc1Cl)N(C)C. The number of amides is 2. The highest BCUT2D eigenvalue weighted by Gasteiger charge is 2.20. The van der Waals surface area contributed by atoms with Gasteiger partial charge in [0, 0.05) is 16.5 Å². The van der Waals surface area contributed by atoms with Gasteiger partial charge in [-0.05, 0) is 44.1 Å². The maximum Gasteiger partial charge on any atom is 0.313 e. The summed E-state index contributed by atoms with van der Waals surface area (Å²) in [4.78, 5) is 27.2. The van der Waals surface area contributed by atoms with Crippen LogP contribution >= 0.6 is 23.4 Å². The molecule has 2 amide bonds. The van der Waals surface area contributed by atoms with E-state index >= 15 is 0 Å². The van der Waals surface area contributed by atoms with E-state index in [1.54, 1.807) is 12.1 Å². The molecule has 0 bridgehead atoms. The fourth-order valence-electron chi connectivity index (χ4n) is 2.51. The van der Waals surface area contributed by atoms with Gasteiger partial charge in [0.2, 0.25) is 0 Å². The number of anilines is 1. The van der Waals surface area contributed by atoms with E-state index in [-0.39, 0.29) is 12.6 Å². The van der Waals surface area contributed by atoms with Gasteiger partial charge in [-0.1, -0.05) is 41.9 Å². The summed E-state index contributed by atoms with van der Waals surface area (Å²) in [6.07, 6.45) is 1.91. The van der Waals surface area contributed by atoms with Crippen LogP contribution in [-0.2, 0) is 9.59 Å². The zero-order chi connectivity index (χ0) is 19.1. The molecule has 0 aromatic heterocycles. The van der Waals surface area contributed by atoms with Gasteiger partial charge < -0.3 is 15.5 Å². The minimum Gasteiger partial charge on any atom is -0.346 e. The first kappa shape index (κ1) is 20.3. The maximum absolute atomic E-state index is 12.2. The summed E-state index contributed by atoms with van der Waals surface area (Å²) in [5, 5.41) is 5.97. The van der Waals surface area contributed by atoms with Crippen molar-refractivity contribution < 1.29 is 9.59 Å². The van der Waals surface area contributed by atoms with Crippen molar-refractivity contribution in [1.82, 2.24) is 10.2 Å². The predicted molar refractivity (Wildman–Crippen MR) is 108 cm³/mol. The molecular weight excluding hydrogens is 370 g/mol. The Labute approximate surface area is 163 Å². The van der Waals surface area contributed by atoms with Crippen LogP contribution in [0.5, 0.6) is 0 Å². The molecule has 0 fully saturated rings. The smallest absolute Gasteiger partial charge is 0.313 e. The van der Waals surface area contributed by atoms with Crippen LogP contribution in [0.2, 0.25) is 5.02 Å². The Balaban J connectivity index is 2.02. The highest BCUT2D eigenvalue weighted by atomic mass is 35.5. The van der Waals surface area contributed by atoms with Crippen molar-refractivity contribution in [3.63, 3.8) is 0 Å². The summed E-state index contributed by atoms with van der Waals surface area (Å²) in [6, 6.07) is 14.7. The van der Waals surface area contributed by atoms with E-state index in [2.05, 4.69) is 10.6 Å². The third-order valence-electron chi connectivity index (χ3n) is 3.90. The van der Waals surface area contributed by atoms with Crippen molar-refractivity contribution in [2.24, 2.45) is 0 Å². The normalized spacial score (nSPS) is 11.9. The molecule has 0 heterocycles. The molecule has 0 saturated heterocycles. The number of carbonyl (C=O) groups excluding carboxylic acids is 2. The van der Waals surface area contributed by atoms with Crippen LogP contribution in [0.1, 0.15) is 11.6 Å². The average molecular weight is 392 g/mol. The number of benzene rings is 2. The van der Waals surface area contributed by atoms with Crippen LogP contribution in [0.4, 0.5) is 5.69 Å². The van der Waals surface area contributed by atoms with Gasteiger partial charge in [-0.2, -0.15) is 0 Å². The quantitative estimate of drug-likeness (QED) is 0.585. The van der Waals surface area contributed by atoms with Gasteiger partial charge in [0.15, 0.2) is 0 Å². The zero-order valence-corrected chi connectivity index (χ0v) is 16.5. The molecule has 2 aromatic carbocycles. The van der Waals surface area contributed by atoms with E-state index in [0.29, 0.717) is 10.7 Å². The largest absolute Gasteiger partial charge is 0.346 e. The van der Waals surface area contributed by atoms with Crippen LogP contribution < -0.4 is 10.6 Å². The molecule has 0 aliphatic carbocycles. The fraction of sp³-hybridized carbons (Fsp3) is 0.263. The Kier molecular flexibility index (Phi) is 7.50. The second-order valence-corrected chi connectivity index (χ2v) is 7.12. The number of hydrogen-bond acceptors (Lipinski definition) is 4. The molecular formula is C19H22ClN3O2S. The van der Waals surface area contributed by atoms with Crippen molar-refractivity contribution in [3.8, 4) is 0 Å². The Bertz CT molecular complexity index is 783. The lowest BCUT2D eigenvalue weighted by molar-refractivity contribution is -0.136. The van der Waals surface area contributed by atoms with E-state index in [4.69, 9.17) is 11.6 Å². The summed E-state index contributed by atoms with van der Waals surface area (Å²) < 4.78 is 0. The van der Waals surface area contributed by atoms with Gasteiger partial charge in [0.05, 0.1) is 11.7 Å². The third kappa shape index (κ3) is 5.24. The van der Waals surface area contributed by atoms with Gasteiger partial charge >= 0.3 is 11.8 Å². The molecule has 0 aliphatic rings. The zero-order valence-electron chi connectivity index (χ0n) is 15.0. The van der Waals surface area contributed by atoms with Gasteiger partial charge in [-0.15, -0.1) is 11.8 Å². The molecule has 0 spiro atoms. The lowest BCUT2D eigenvalue weighted by Crippen LogP contribution is -2.40. The Morgan fingerprint density at radius 2 is 1.73 bits per heavy atom. The number of hydrogen-bond donors (Lipinski definition) is 2. The molecule has 7 heteroatoms. The van der Waals surface area contributed by atoms with Crippen molar-refractivity contribution in [1.29, 1.82) is 0 Å². The summed E-state index contributed by atoms with van der Waals surface area (Å²) >= 11 is 7.76. The van der Waals surface area contributed by atoms with Crippen LogP contribution in [0, 0.1) is 0 Å². The molecule has 2 rings (SSSR count). The number of likely N-dealkylation sites (N-methyl/N-ethyl adjacent to an activating group) is 1. The number of nitrogens with zero attached hydrogens (tertiary/aromatic N) is 1. The molecule has 2 N–H and O–H groups in total. The molecule has 26 heavy (non-hydrogen) atoms. The Morgan fingerprint density at radius 3 is 2.38 bits per heavy atom. The highest BCUT2D eigenvalue weighted by molar-refractivity contribution is 7.98. The summed E-state index contributed by atoms with van der Waals surface area (Å²) in [5.41, 5.74) is 1.52. The second-order valence-electron chi connectivity index (χ2n) is 5.87. The first-order valence-electron chi connectivity index (χ1n) is 8.07. The molecule has 1 atom stereocenters. The minimum atomic E-state index is -0.692. The topological polar surface area (TPSA) is 61.4 Å². The number of carbonyl (C=O) groups is 2. The number of rotatable bonds is 6. The van der Waals surface area contributed by atoms with E-state index in [1.807, 2.05) is 61.6 Å². The van der Waals surface area contributed by atoms with Crippen LogP contribution in [-0.4, -0.2) is 43.6 Å². The molecule has 0 saturated carbocycles. The van der Waals surface area contributed by atoms with Crippen molar-refractivity contribution in [2.45, 2.75) is 10.9 Å². The minimum absolute atomic E-state index is 0.140. The summed E-state index contributed by atoms with van der Waals surface area (Å²) in [6.45, 7) is 0.271. The third-order valence-corrected chi connectivity index (χ3v) is 5.04. The van der Waals surface area contributed by atoms with Gasteiger partial charge in [-0.25, -0.2) is 0 Å². The number of para-hydroxylation sites is 1. The lowest BCUT2D eigenvalue weighted by atomic mass is 10.1. The average Bonchev–Trinajstić information content (AvgIpc) is 2.63. The summed E-state index contributed by atoms with van der Waals surface area (Å²) in [5.74, 6) is -1.37. The molecule has 0 unspecified atom stereocenters. The van der Waals surface area contributed by atoms with E-state index < -0.39 is 11.8 Å². The van der Waals surface area contributed by atoms with Crippen molar-refractivity contribution in [3.05, 3.63) is 59.1 Å². The Hall–Kier alpha value is -2.02. The monoisotopic (exact) mass is 391 g/mol. The first-order valence-corrected chi connectivity index (χ1v) is 9.67. The predicted octanol–water partition coefficient (Wildman–Crippen LogP) is 3.42. The number of thioether (sulfide) groups is 1.